The number of fused-ring (bicyclic) bond motifs is 4. The topological polar surface area (TPSA) is 61.4 Å². The molecule has 0 saturated carbocycles. The zero-order chi connectivity index (χ0) is 29.9. The van der Waals surface area contributed by atoms with Gasteiger partial charge in [0.2, 0.25) is 11.9 Å². The minimum absolute atomic E-state index is 0.00299. The Balaban J connectivity index is 1.03. The lowest BCUT2D eigenvalue weighted by atomic mass is 9.73. The van der Waals surface area contributed by atoms with Crippen molar-refractivity contribution in [2.75, 3.05) is 37.6 Å². The van der Waals surface area contributed by atoms with Gasteiger partial charge in [0, 0.05) is 44.3 Å². The lowest BCUT2D eigenvalue weighted by molar-refractivity contribution is -0.125. The van der Waals surface area contributed by atoms with Gasteiger partial charge in [-0.2, -0.15) is 0 Å². The van der Waals surface area contributed by atoms with Crippen LogP contribution in [-0.2, 0) is 16.8 Å². The van der Waals surface area contributed by atoms with Crippen LogP contribution >= 0.6 is 0 Å². The number of hydrogen-bond acceptors (Lipinski definition) is 5. The van der Waals surface area contributed by atoms with Gasteiger partial charge < -0.3 is 10.2 Å². The molecule has 7 rings (SSSR count). The number of hydrogen-bond donors (Lipinski definition) is 1. The van der Waals surface area contributed by atoms with Crippen LogP contribution in [0.4, 0.5) is 10.3 Å². The van der Waals surface area contributed by atoms with Crippen molar-refractivity contribution in [1.82, 2.24) is 20.2 Å². The maximum absolute atomic E-state index is 14.3. The van der Waals surface area contributed by atoms with E-state index in [-0.39, 0.29) is 11.7 Å². The third-order valence-corrected chi connectivity index (χ3v) is 9.23. The number of halogens is 1. The van der Waals surface area contributed by atoms with Gasteiger partial charge in [-0.25, -0.2) is 14.4 Å². The Bertz CT molecular complexity index is 1740. The van der Waals surface area contributed by atoms with Gasteiger partial charge in [0.25, 0.3) is 0 Å². The highest BCUT2D eigenvalue weighted by molar-refractivity contribution is 6.00. The summed E-state index contributed by atoms with van der Waals surface area (Å²) < 4.78 is 13.5. The van der Waals surface area contributed by atoms with E-state index in [1.54, 1.807) is 12.1 Å². The van der Waals surface area contributed by atoms with E-state index in [0.29, 0.717) is 6.54 Å². The molecule has 1 amide bonds. The zero-order valence-electron chi connectivity index (χ0n) is 24.8. The molecule has 5 aromatic rings. The number of anilines is 1. The molecule has 1 aliphatic heterocycles. The Morgan fingerprint density at radius 2 is 1.45 bits per heavy atom. The molecule has 0 bridgehead atoms. The third kappa shape index (κ3) is 5.33. The molecule has 2 heterocycles. The summed E-state index contributed by atoms with van der Waals surface area (Å²) in [6, 6.07) is 31.1. The van der Waals surface area contributed by atoms with E-state index in [1.807, 2.05) is 54.7 Å². The van der Waals surface area contributed by atoms with Crippen LogP contribution in [0.5, 0.6) is 0 Å². The fourth-order valence-corrected chi connectivity index (χ4v) is 6.90. The van der Waals surface area contributed by atoms with E-state index in [9.17, 15) is 9.18 Å². The molecule has 0 atom stereocenters. The summed E-state index contributed by atoms with van der Waals surface area (Å²) in [6.45, 7) is 5.07. The lowest BCUT2D eigenvalue weighted by Gasteiger charge is -2.35. The highest BCUT2D eigenvalue weighted by Gasteiger charge is 2.48. The van der Waals surface area contributed by atoms with Gasteiger partial charge in [-0.15, -0.1) is 0 Å². The van der Waals surface area contributed by atoms with Crippen molar-refractivity contribution in [2.45, 2.75) is 31.2 Å². The Labute approximate surface area is 257 Å². The number of piperazine rings is 1. The number of aromatic nitrogens is 2. The van der Waals surface area contributed by atoms with E-state index >= 15 is 0 Å². The maximum Gasteiger partial charge on any atom is 0.235 e. The van der Waals surface area contributed by atoms with Gasteiger partial charge in [0.05, 0.1) is 5.52 Å². The van der Waals surface area contributed by atoms with Crippen LogP contribution in [0.15, 0.2) is 103 Å². The molecule has 7 heteroatoms. The first-order valence-electron chi connectivity index (χ1n) is 15.5. The van der Waals surface area contributed by atoms with Crippen LogP contribution in [0, 0.1) is 5.82 Å². The lowest BCUT2D eigenvalue weighted by Crippen LogP contribution is -2.47. The van der Waals surface area contributed by atoms with Gasteiger partial charge >= 0.3 is 0 Å². The Morgan fingerprint density at radius 3 is 2.18 bits per heavy atom. The second-order valence-corrected chi connectivity index (χ2v) is 11.8. The Morgan fingerprint density at radius 1 is 0.795 bits per heavy atom. The predicted molar refractivity (Wildman–Crippen MR) is 173 cm³/mol. The molecule has 222 valence electrons. The van der Waals surface area contributed by atoms with Gasteiger partial charge in [-0.3, -0.25) is 9.69 Å². The molecular formula is C37H36FN5O. The molecule has 0 radical (unpaired) electrons. The van der Waals surface area contributed by atoms with Crippen molar-refractivity contribution in [3.8, 4) is 11.1 Å². The molecule has 4 aromatic carbocycles. The molecule has 1 aliphatic carbocycles. The summed E-state index contributed by atoms with van der Waals surface area (Å²) in [7, 11) is 0. The van der Waals surface area contributed by atoms with Crippen LogP contribution in [-0.4, -0.2) is 53.5 Å². The second-order valence-electron chi connectivity index (χ2n) is 11.8. The Hall–Kier alpha value is -4.62. The minimum atomic E-state index is -0.765. The predicted octanol–water partition coefficient (Wildman–Crippen LogP) is 6.34. The van der Waals surface area contributed by atoms with E-state index in [0.717, 1.165) is 96.7 Å². The molecule has 1 aromatic heterocycles. The van der Waals surface area contributed by atoms with Crippen LogP contribution < -0.4 is 10.2 Å². The van der Waals surface area contributed by atoms with Crippen molar-refractivity contribution < 1.29 is 9.18 Å². The van der Waals surface area contributed by atoms with Crippen LogP contribution in [0.1, 0.15) is 36.0 Å². The summed E-state index contributed by atoms with van der Waals surface area (Å²) in [5, 5.41) is 4.28. The molecule has 44 heavy (non-hydrogen) atoms. The molecule has 1 fully saturated rings. The molecule has 1 N–H and O–H groups in total. The number of rotatable bonds is 9. The third-order valence-electron chi connectivity index (χ3n) is 9.23. The van der Waals surface area contributed by atoms with Crippen LogP contribution in [0.3, 0.4) is 0 Å². The van der Waals surface area contributed by atoms with Crippen molar-refractivity contribution >= 4 is 22.8 Å². The number of unbranched alkanes of at least 4 members (excludes halogenated alkanes) is 1. The number of amides is 1. The molecule has 6 nitrogen and oxygen atoms in total. The van der Waals surface area contributed by atoms with Crippen LogP contribution in [0.25, 0.3) is 22.0 Å². The quantitative estimate of drug-likeness (QED) is 0.205. The summed E-state index contributed by atoms with van der Waals surface area (Å²) in [4.78, 5) is 28.5. The monoisotopic (exact) mass is 585 g/mol. The van der Waals surface area contributed by atoms with Gasteiger partial charge in [0.15, 0.2) is 0 Å². The number of nitrogens with zero attached hydrogens (tertiary/aromatic N) is 4. The van der Waals surface area contributed by atoms with E-state index < -0.39 is 5.41 Å². The maximum atomic E-state index is 14.3. The highest BCUT2D eigenvalue weighted by atomic mass is 19.1. The second kappa shape index (κ2) is 12.2. The average molecular weight is 586 g/mol. The summed E-state index contributed by atoms with van der Waals surface area (Å²) in [5.41, 5.74) is 5.50. The summed E-state index contributed by atoms with van der Waals surface area (Å²) >= 11 is 0. The first kappa shape index (κ1) is 28.2. The standard InChI is InChI=1S/C37H36FN5O/c38-29-17-15-27(16-18-29)25-39-35(44)37(32-12-4-2-10-30(32)31-11-3-5-13-33(31)37)19-7-8-20-42-21-23-43(24-22-42)36-40-26-28-9-1-6-14-34(28)41-36/h1-6,9-18,26H,7-8,19-25H2,(H,39,44). The number of carbonyl (C=O) groups is 1. The van der Waals surface area contributed by atoms with E-state index in [1.165, 1.54) is 12.1 Å². The molecule has 0 spiro atoms. The highest BCUT2D eigenvalue weighted by Crippen LogP contribution is 2.51. The van der Waals surface area contributed by atoms with Crippen molar-refractivity contribution in [2.24, 2.45) is 0 Å². The summed E-state index contributed by atoms with van der Waals surface area (Å²) in [5.74, 6) is 0.525. The fourth-order valence-electron chi connectivity index (χ4n) is 6.90. The molecule has 2 aliphatic rings. The van der Waals surface area contributed by atoms with E-state index in [4.69, 9.17) is 4.98 Å². The summed E-state index contributed by atoms with van der Waals surface area (Å²) in [6.07, 6.45) is 4.56. The van der Waals surface area contributed by atoms with Gasteiger partial charge in [-0.1, -0.05) is 85.3 Å². The number of benzene rings is 4. The molecule has 1 saturated heterocycles. The van der Waals surface area contributed by atoms with Crippen molar-refractivity contribution in [3.63, 3.8) is 0 Å². The Kier molecular flexibility index (Phi) is 7.79. The zero-order valence-corrected chi connectivity index (χ0v) is 24.8. The minimum Gasteiger partial charge on any atom is -0.351 e. The number of carbonyl (C=O) groups excluding carboxylic acids is 1. The van der Waals surface area contributed by atoms with E-state index in [2.05, 4.69) is 44.4 Å². The van der Waals surface area contributed by atoms with Crippen LogP contribution in [0.2, 0.25) is 0 Å². The smallest absolute Gasteiger partial charge is 0.235 e. The van der Waals surface area contributed by atoms with Gasteiger partial charge in [0.1, 0.15) is 11.2 Å². The number of nitrogens with one attached hydrogen (secondary N) is 1. The average Bonchev–Trinajstić information content (AvgIpc) is 3.37. The van der Waals surface area contributed by atoms with Crippen molar-refractivity contribution in [1.29, 1.82) is 0 Å². The van der Waals surface area contributed by atoms with Gasteiger partial charge in [-0.05, 0) is 65.4 Å². The van der Waals surface area contributed by atoms with Crippen molar-refractivity contribution in [3.05, 3.63) is 126 Å². The normalized spacial score (nSPS) is 15.6. The first-order valence-corrected chi connectivity index (χ1v) is 15.5. The first-order chi connectivity index (χ1) is 21.6. The number of para-hydroxylation sites is 1. The largest absolute Gasteiger partial charge is 0.351 e. The fraction of sp³-hybridized carbons (Fsp3) is 0.270. The molecule has 0 unspecified atom stereocenters. The molecular weight excluding hydrogens is 549 g/mol. The SMILES string of the molecule is O=C(NCc1ccc(F)cc1)C1(CCCCN2CCN(c3ncc4ccccc4n3)CC2)c2ccccc2-c2ccccc21.